The van der Waals surface area contributed by atoms with Gasteiger partial charge in [-0.15, -0.1) is 11.3 Å². The second-order valence-corrected chi connectivity index (χ2v) is 9.63. The van der Waals surface area contributed by atoms with E-state index < -0.39 is 0 Å². The Morgan fingerprint density at radius 1 is 1.19 bits per heavy atom. The van der Waals surface area contributed by atoms with E-state index in [4.69, 9.17) is 0 Å². The molecule has 1 N–H and O–H groups in total. The summed E-state index contributed by atoms with van der Waals surface area (Å²) in [7, 11) is 0. The summed E-state index contributed by atoms with van der Waals surface area (Å²) in [5, 5.41) is 0.883. The maximum atomic E-state index is 13.8. The van der Waals surface area contributed by atoms with E-state index >= 15 is 0 Å². The van der Waals surface area contributed by atoms with E-state index in [0.717, 1.165) is 33.5 Å². The van der Waals surface area contributed by atoms with E-state index in [1.165, 1.54) is 41.4 Å². The number of carbonyl (C=O) groups excluding carboxylic acids is 1. The van der Waals surface area contributed by atoms with Crippen molar-refractivity contribution in [1.29, 1.82) is 0 Å². The number of aryl methyl sites for hydroxylation is 2. The zero-order chi connectivity index (χ0) is 22.2. The Bertz CT molecular complexity index is 1290. The van der Waals surface area contributed by atoms with Crippen LogP contribution in [-0.2, 0) is 6.42 Å². The minimum atomic E-state index is -0.246. The Balaban J connectivity index is 1.40. The number of nitrogens with zero attached hydrogens (tertiary/aromatic N) is 2. The predicted octanol–water partition coefficient (Wildman–Crippen LogP) is 6.14. The van der Waals surface area contributed by atoms with Gasteiger partial charge in [-0.05, 0) is 79.5 Å². The van der Waals surface area contributed by atoms with E-state index in [9.17, 15) is 9.18 Å². The number of amides is 1. The molecule has 2 heterocycles. The number of nitrogens with one attached hydrogen (secondary N) is 1. The Morgan fingerprint density at radius 3 is 2.81 bits per heavy atom. The van der Waals surface area contributed by atoms with Crippen molar-refractivity contribution in [2.75, 3.05) is 13.1 Å². The van der Waals surface area contributed by atoms with Crippen LogP contribution < -0.4 is 0 Å². The lowest BCUT2D eigenvalue weighted by molar-refractivity contribution is 0.0745. The number of hydrogen-bond acceptors (Lipinski definition) is 3. The van der Waals surface area contributed by atoms with Gasteiger partial charge in [0.2, 0.25) is 0 Å². The van der Waals surface area contributed by atoms with Gasteiger partial charge in [-0.2, -0.15) is 0 Å². The summed E-state index contributed by atoms with van der Waals surface area (Å²) in [5.74, 6) is 0.310. The van der Waals surface area contributed by atoms with Crippen LogP contribution in [0.3, 0.4) is 0 Å². The molecule has 2 aromatic carbocycles. The molecule has 32 heavy (non-hydrogen) atoms. The number of fused-ring (bicyclic) bond motifs is 1. The van der Waals surface area contributed by atoms with Crippen LogP contribution in [0.1, 0.15) is 40.0 Å². The van der Waals surface area contributed by atoms with Crippen LogP contribution in [0.4, 0.5) is 4.39 Å². The highest BCUT2D eigenvalue weighted by Crippen LogP contribution is 2.33. The Kier molecular flexibility index (Phi) is 5.55. The van der Waals surface area contributed by atoms with Gasteiger partial charge in [0, 0.05) is 30.2 Å². The van der Waals surface area contributed by atoms with Gasteiger partial charge in [-0.25, -0.2) is 9.37 Å². The number of benzene rings is 2. The van der Waals surface area contributed by atoms with Gasteiger partial charge in [-0.3, -0.25) is 4.79 Å². The van der Waals surface area contributed by atoms with Crippen molar-refractivity contribution in [3.8, 4) is 10.4 Å². The summed E-state index contributed by atoms with van der Waals surface area (Å²) in [4.78, 5) is 24.1. The number of hydrogen-bond donors (Lipinski definition) is 1. The molecule has 0 saturated heterocycles. The lowest BCUT2D eigenvalue weighted by Crippen LogP contribution is -2.35. The quantitative estimate of drug-likeness (QED) is 0.370. The molecule has 0 bridgehead atoms. The summed E-state index contributed by atoms with van der Waals surface area (Å²) >= 11 is 1.51. The lowest BCUT2D eigenvalue weighted by atomic mass is 10.0. The number of aromatic amines is 1. The first kappa shape index (κ1) is 20.9. The highest BCUT2D eigenvalue weighted by molar-refractivity contribution is 7.13. The van der Waals surface area contributed by atoms with Crippen molar-refractivity contribution >= 4 is 28.1 Å². The summed E-state index contributed by atoms with van der Waals surface area (Å²) in [6, 6.07) is 11.1. The molecule has 1 amide bonds. The van der Waals surface area contributed by atoms with Gasteiger partial charge in [0.1, 0.15) is 11.5 Å². The maximum Gasteiger partial charge on any atom is 0.273 e. The van der Waals surface area contributed by atoms with Crippen molar-refractivity contribution < 1.29 is 9.18 Å². The normalized spacial score (nSPS) is 13.6. The van der Waals surface area contributed by atoms with E-state index in [1.54, 1.807) is 17.6 Å². The van der Waals surface area contributed by atoms with Crippen LogP contribution >= 0.6 is 11.3 Å². The SMILES string of the molecule is Cc1ccc(-c2scnc2C(=O)N(CCc2c[nH]c3ccc(F)cc23)CC2CC2)cc1C. The number of H-pyrrole nitrogens is 1. The smallest absolute Gasteiger partial charge is 0.273 e. The highest BCUT2D eigenvalue weighted by Gasteiger charge is 2.29. The first-order valence-electron chi connectivity index (χ1n) is 11.1. The Hall–Kier alpha value is -2.99. The largest absolute Gasteiger partial charge is 0.361 e. The zero-order valence-electron chi connectivity index (χ0n) is 18.3. The van der Waals surface area contributed by atoms with Gasteiger partial charge in [-0.1, -0.05) is 18.2 Å². The second kappa shape index (κ2) is 8.51. The molecular formula is C26H26FN3OS. The van der Waals surface area contributed by atoms with Crippen molar-refractivity contribution in [2.24, 2.45) is 5.92 Å². The Morgan fingerprint density at radius 2 is 2.03 bits per heavy atom. The van der Waals surface area contributed by atoms with Crippen molar-refractivity contribution in [3.63, 3.8) is 0 Å². The minimum absolute atomic E-state index is 0.0163. The van der Waals surface area contributed by atoms with Gasteiger partial charge >= 0.3 is 0 Å². The number of halogens is 1. The monoisotopic (exact) mass is 447 g/mol. The maximum absolute atomic E-state index is 13.8. The molecule has 6 heteroatoms. The Labute approximate surface area is 191 Å². The molecular weight excluding hydrogens is 421 g/mol. The predicted molar refractivity (Wildman–Crippen MR) is 128 cm³/mol. The third-order valence-corrected chi connectivity index (χ3v) is 7.26. The van der Waals surface area contributed by atoms with Gasteiger partial charge in [0.05, 0.1) is 10.4 Å². The van der Waals surface area contributed by atoms with Crippen molar-refractivity contribution in [3.05, 3.63) is 76.3 Å². The average molecular weight is 448 g/mol. The number of aromatic nitrogens is 2. The molecule has 1 aliphatic carbocycles. The molecule has 0 atom stereocenters. The fourth-order valence-corrected chi connectivity index (χ4v) is 4.91. The highest BCUT2D eigenvalue weighted by atomic mass is 32.1. The minimum Gasteiger partial charge on any atom is -0.361 e. The molecule has 1 fully saturated rings. The fraction of sp³-hybridized carbons (Fsp3) is 0.308. The fourth-order valence-electron chi connectivity index (χ4n) is 4.14. The first-order valence-corrected chi connectivity index (χ1v) is 11.9. The lowest BCUT2D eigenvalue weighted by Gasteiger charge is -2.22. The molecule has 5 rings (SSSR count). The van der Waals surface area contributed by atoms with Crippen molar-refractivity contribution in [1.82, 2.24) is 14.9 Å². The third-order valence-electron chi connectivity index (χ3n) is 6.38. The summed E-state index contributed by atoms with van der Waals surface area (Å²) in [6.45, 7) is 5.51. The molecule has 164 valence electrons. The molecule has 0 unspecified atom stereocenters. The topological polar surface area (TPSA) is 49.0 Å². The van der Waals surface area contributed by atoms with E-state index in [0.29, 0.717) is 24.6 Å². The molecule has 4 nitrogen and oxygen atoms in total. The summed E-state index contributed by atoms with van der Waals surface area (Å²) in [6.07, 6.45) is 4.94. The molecule has 2 aromatic heterocycles. The van der Waals surface area contributed by atoms with E-state index in [2.05, 4.69) is 42.0 Å². The van der Waals surface area contributed by atoms with Crippen LogP contribution in [0.25, 0.3) is 21.3 Å². The summed E-state index contributed by atoms with van der Waals surface area (Å²) < 4.78 is 13.8. The van der Waals surface area contributed by atoms with Crippen LogP contribution in [-0.4, -0.2) is 33.9 Å². The molecule has 0 aliphatic heterocycles. The van der Waals surface area contributed by atoms with Crippen molar-refractivity contribution in [2.45, 2.75) is 33.1 Å². The van der Waals surface area contributed by atoms with Crippen LogP contribution in [0.2, 0.25) is 0 Å². The molecule has 0 spiro atoms. The summed E-state index contributed by atoms with van der Waals surface area (Å²) in [5.41, 5.74) is 7.71. The third kappa shape index (κ3) is 4.19. The van der Waals surface area contributed by atoms with Gasteiger partial charge in [0.25, 0.3) is 5.91 Å². The number of rotatable bonds is 7. The zero-order valence-corrected chi connectivity index (χ0v) is 19.1. The number of carbonyl (C=O) groups is 1. The second-order valence-electron chi connectivity index (χ2n) is 8.78. The standard InChI is InChI=1S/C26H26FN3OS/c1-16-3-6-19(11-17(16)2)25-24(29-15-32-25)26(31)30(14-18-4-5-18)10-9-20-13-28-23-8-7-21(27)12-22(20)23/h3,6-8,11-13,15,18,28H,4-5,9-10,14H2,1-2H3. The van der Waals surface area contributed by atoms with Crippen LogP contribution in [0.5, 0.6) is 0 Å². The average Bonchev–Trinajstić information content (AvgIpc) is 3.31. The first-order chi connectivity index (χ1) is 15.5. The molecule has 1 aliphatic rings. The number of thiazole rings is 1. The van der Waals surface area contributed by atoms with Crippen LogP contribution in [0.15, 0.2) is 48.1 Å². The van der Waals surface area contributed by atoms with E-state index in [1.807, 2.05) is 11.1 Å². The molecule has 4 aromatic rings. The van der Waals surface area contributed by atoms with E-state index in [-0.39, 0.29) is 11.7 Å². The van der Waals surface area contributed by atoms with Crippen LogP contribution in [0, 0.1) is 25.6 Å². The molecule has 0 radical (unpaired) electrons. The van der Waals surface area contributed by atoms with Gasteiger partial charge < -0.3 is 9.88 Å². The molecule has 1 saturated carbocycles. The van der Waals surface area contributed by atoms with Gasteiger partial charge in [0.15, 0.2) is 0 Å².